The fraction of sp³-hybridized carbons (Fsp3) is 0.0909. The summed E-state index contributed by atoms with van der Waals surface area (Å²) in [6.45, 7) is 0. The van der Waals surface area contributed by atoms with E-state index in [1.54, 1.807) is 6.07 Å². The first-order valence-corrected chi connectivity index (χ1v) is 5.09. The fourth-order valence-corrected chi connectivity index (χ4v) is 1.38. The van der Waals surface area contributed by atoms with Gasteiger partial charge in [0.1, 0.15) is 6.07 Å². The number of halogens is 3. The summed E-state index contributed by atoms with van der Waals surface area (Å²) in [7, 11) is 0. The number of aromatic nitrogens is 2. The Balaban J connectivity index is 2.32. The summed E-state index contributed by atoms with van der Waals surface area (Å²) in [5.41, 5.74) is 0.349. The number of rotatable bonds is 2. The average molecular weight is 282 g/mol. The molecule has 9 heteroatoms. The van der Waals surface area contributed by atoms with Gasteiger partial charge in [-0.05, 0) is 0 Å². The van der Waals surface area contributed by atoms with E-state index in [4.69, 9.17) is 10.5 Å². The van der Waals surface area contributed by atoms with Gasteiger partial charge < -0.3 is 9.73 Å². The van der Waals surface area contributed by atoms with Crippen LogP contribution in [0.4, 0.5) is 13.2 Å². The van der Waals surface area contributed by atoms with Crippen molar-refractivity contribution in [3.8, 4) is 17.5 Å². The van der Waals surface area contributed by atoms with E-state index in [-0.39, 0.29) is 17.1 Å². The van der Waals surface area contributed by atoms with E-state index in [1.165, 1.54) is 24.3 Å². The largest absolute Gasteiger partial charge is 0.471 e. The molecule has 0 bridgehead atoms. The van der Waals surface area contributed by atoms with Gasteiger partial charge in [0, 0.05) is 11.1 Å². The maximum absolute atomic E-state index is 12.3. The van der Waals surface area contributed by atoms with E-state index in [0.29, 0.717) is 5.56 Å². The van der Waals surface area contributed by atoms with E-state index >= 15 is 0 Å². The second-order valence-corrected chi connectivity index (χ2v) is 3.56. The summed E-state index contributed by atoms with van der Waals surface area (Å²) in [5, 5.41) is 23.2. The minimum atomic E-state index is -4.71. The zero-order valence-corrected chi connectivity index (χ0v) is 9.59. The molecule has 2 aromatic rings. The Kier molecular flexibility index (Phi) is 3.39. The highest BCUT2D eigenvalue weighted by Crippen LogP contribution is 2.29. The summed E-state index contributed by atoms with van der Waals surface area (Å²) in [4.78, 5) is 3.22. The molecule has 1 heterocycles. The number of hydrogen-bond acceptors (Lipinski definition) is 6. The SMILES string of the molecule is N#C/C(=N\O)c1ccc(-c2noc(C(F)(F)F)n2)cc1. The highest BCUT2D eigenvalue weighted by atomic mass is 19.4. The van der Waals surface area contributed by atoms with Gasteiger partial charge in [0.05, 0.1) is 0 Å². The standard InChI is InChI=1S/C11H5F3N4O2/c12-11(13,14)10-16-9(18-20-10)7-3-1-6(2-4-7)8(5-15)17-19/h1-4,19H/b17-8+. The van der Waals surface area contributed by atoms with E-state index in [2.05, 4.69) is 19.8 Å². The molecule has 1 aromatic heterocycles. The van der Waals surface area contributed by atoms with Crippen molar-refractivity contribution in [1.82, 2.24) is 10.1 Å². The molecule has 0 unspecified atom stereocenters. The van der Waals surface area contributed by atoms with Gasteiger partial charge in [0.25, 0.3) is 0 Å². The van der Waals surface area contributed by atoms with Crippen LogP contribution in [0.15, 0.2) is 33.9 Å². The van der Waals surface area contributed by atoms with Crippen LogP contribution >= 0.6 is 0 Å². The predicted octanol–water partition coefficient (Wildman–Crippen LogP) is 2.46. The van der Waals surface area contributed by atoms with Crippen LogP contribution in [0.2, 0.25) is 0 Å². The highest BCUT2D eigenvalue weighted by molar-refractivity contribution is 6.11. The van der Waals surface area contributed by atoms with Crippen LogP contribution in [0.25, 0.3) is 11.4 Å². The van der Waals surface area contributed by atoms with E-state index in [9.17, 15) is 13.2 Å². The normalized spacial score (nSPS) is 12.2. The lowest BCUT2D eigenvalue weighted by atomic mass is 10.1. The van der Waals surface area contributed by atoms with E-state index in [1.807, 2.05) is 0 Å². The van der Waals surface area contributed by atoms with Gasteiger partial charge in [-0.2, -0.15) is 23.4 Å². The number of oxime groups is 1. The van der Waals surface area contributed by atoms with Crippen LogP contribution in [0, 0.1) is 11.3 Å². The van der Waals surface area contributed by atoms with Crippen molar-refractivity contribution in [1.29, 1.82) is 5.26 Å². The summed E-state index contributed by atoms with van der Waals surface area (Å²) in [5.74, 6) is -1.67. The Labute approximate surface area is 109 Å². The molecular formula is C11H5F3N4O2. The molecule has 0 atom stereocenters. The monoisotopic (exact) mass is 282 g/mol. The van der Waals surface area contributed by atoms with Crippen LogP contribution in [0.5, 0.6) is 0 Å². The molecule has 0 saturated heterocycles. The van der Waals surface area contributed by atoms with Crippen LogP contribution in [-0.4, -0.2) is 21.1 Å². The number of nitrogens with zero attached hydrogens (tertiary/aromatic N) is 4. The highest BCUT2D eigenvalue weighted by Gasteiger charge is 2.38. The summed E-state index contributed by atoms with van der Waals surface area (Å²) in [6, 6.07) is 7.18. The van der Waals surface area contributed by atoms with Crippen molar-refractivity contribution in [2.45, 2.75) is 6.18 Å². The van der Waals surface area contributed by atoms with Gasteiger partial charge >= 0.3 is 12.1 Å². The third kappa shape index (κ3) is 2.59. The second-order valence-electron chi connectivity index (χ2n) is 3.56. The number of nitriles is 1. The maximum atomic E-state index is 12.3. The smallest absolute Gasteiger partial charge is 0.410 e. The Bertz CT molecular complexity index is 683. The molecule has 102 valence electrons. The van der Waals surface area contributed by atoms with Crippen molar-refractivity contribution < 1.29 is 22.9 Å². The van der Waals surface area contributed by atoms with Crippen molar-refractivity contribution in [2.24, 2.45) is 5.16 Å². The van der Waals surface area contributed by atoms with Crippen molar-refractivity contribution in [2.75, 3.05) is 0 Å². The second kappa shape index (κ2) is 5.00. The Morgan fingerprint density at radius 3 is 2.40 bits per heavy atom. The van der Waals surface area contributed by atoms with Crippen LogP contribution in [0.3, 0.4) is 0 Å². The van der Waals surface area contributed by atoms with Crippen LogP contribution in [0.1, 0.15) is 11.5 Å². The Morgan fingerprint density at radius 1 is 1.30 bits per heavy atom. The summed E-state index contributed by atoms with van der Waals surface area (Å²) < 4.78 is 41.0. The van der Waals surface area contributed by atoms with E-state index in [0.717, 1.165) is 0 Å². The number of benzene rings is 1. The molecule has 0 radical (unpaired) electrons. The number of alkyl halides is 3. The predicted molar refractivity (Wildman–Crippen MR) is 58.7 cm³/mol. The summed E-state index contributed by atoms with van der Waals surface area (Å²) in [6.07, 6.45) is -4.71. The molecule has 0 saturated carbocycles. The molecule has 0 aliphatic carbocycles. The third-order valence-corrected chi connectivity index (χ3v) is 2.29. The molecule has 20 heavy (non-hydrogen) atoms. The van der Waals surface area contributed by atoms with Crippen LogP contribution in [-0.2, 0) is 6.18 Å². The van der Waals surface area contributed by atoms with Crippen molar-refractivity contribution in [3.05, 3.63) is 35.7 Å². The van der Waals surface area contributed by atoms with E-state index < -0.39 is 12.1 Å². The molecular weight excluding hydrogens is 277 g/mol. The molecule has 1 N–H and O–H groups in total. The van der Waals surface area contributed by atoms with Crippen molar-refractivity contribution in [3.63, 3.8) is 0 Å². The van der Waals surface area contributed by atoms with Gasteiger partial charge in [-0.1, -0.05) is 34.6 Å². The third-order valence-electron chi connectivity index (χ3n) is 2.29. The molecule has 0 aliphatic heterocycles. The quantitative estimate of drug-likeness (QED) is 0.518. The molecule has 0 fully saturated rings. The molecule has 0 aliphatic rings. The van der Waals surface area contributed by atoms with Gasteiger partial charge in [-0.15, -0.1) is 0 Å². The molecule has 6 nitrogen and oxygen atoms in total. The lowest BCUT2D eigenvalue weighted by Crippen LogP contribution is -2.04. The first kappa shape index (κ1) is 13.5. The number of hydrogen-bond donors (Lipinski definition) is 1. The van der Waals surface area contributed by atoms with Crippen LogP contribution < -0.4 is 0 Å². The van der Waals surface area contributed by atoms with Gasteiger partial charge in [0.15, 0.2) is 5.71 Å². The minimum absolute atomic E-state index is 0.222. The average Bonchev–Trinajstić information content (AvgIpc) is 2.90. The lowest BCUT2D eigenvalue weighted by molar-refractivity contribution is -0.159. The van der Waals surface area contributed by atoms with Gasteiger partial charge in [-0.3, -0.25) is 0 Å². The minimum Gasteiger partial charge on any atom is -0.410 e. The first-order chi connectivity index (χ1) is 9.45. The van der Waals surface area contributed by atoms with Gasteiger partial charge in [-0.25, -0.2) is 0 Å². The Morgan fingerprint density at radius 2 is 1.95 bits per heavy atom. The van der Waals surface area contributed by atoms with Crippen molar-refractivity contribution >= 4 is 5.71 Å². The summed E-state index contributed by atoms with van der Waals surface area (Å²) >= 11 is 0. The molecule has 1 aromatic carbocycles. The first-order valence-electron chi connectivity index (χ1n) is 5.09. The van der Waals surface area contributed by atoms with Gasteiger partial charge in [0.2, 0.25) is 5.82 Å². The fourth-order valence-electron chi connectivity index (χ4n) is 1.38. The lowest BCUT2D eigenvalue weighted by Gasteiger charge is -1.98. The zero-order chi connectivity index (χ0) is 14.8. The molecule has 0 amide bonds. The Hall–Kier alpha value is -2.89. The maximum Gasteiger partial charge on any atom is 0.471 e. The zero-order valence-electron chi connectivity index (χ0n) is 9.59. The molecule has 0 spiro atoms. The molecule has 2 rings (SSSR count). The topological polar surface area (TPSA) is 95.3 Å².